The van der Waals surface area contributed by atoms with Gasteiger partial charge < -0.3 is 14.8 Å². The predicted molar refractivity (Wildman–Crippen MR) is 118 cm³/mol. The molecule has 0 bridgehead atoms. The fourth-order valence-corrected chi connectivity index (χ4v) is 4.70. The zero-order chi connectivity index (χ0) is 22.5. The molecule has 2 aromatic carbocycles. The SMILES string of the molecule is COC[C@@H](C)NC(=O)CN(c1ccc(C)c(C)c1)S(=O)(=O)c1cc(C)ccc1OC. The number of aryl methyl sites for hydroxylation is 3. The second-order valence-electron chi connectivity index (χ2n) is 7.36. The van der Waals surface area contributed by atoms with Gasteiger partial charge in [0.15, 0.2) is 0 Å². The van der Waals surface area contributed by atoms with Gasteiger partial charge in [-0.15, -0.1) is 0 Å². The highest BCUT2D eigenvalue weighted by Crippen LogP contribution is 2.31. The van der Waals surface area contributed by atoms with Crippen molar-refractivity contribution in [2.24, 2.45) is 0 Å². The van der Waals surface area contributed by atoms with Crippen molar-refractivity contribution in [1.82, 2.24) is 5.32 Å². The van der Waals surface area contributed by atoms with Crippen molar-refractivity contribution in [3.05, 3.63) is 53.1 Å². The monoisotopic (exact) mass is 434 g/mol. The van der Waals surface area contributed by atoms with Gasteiger partial charge in [-0.2, -0.15) is 0 Å². The fourth-order valence-electron chi connectivity index (χ4n) is 3.04. The lowest BCUT2D eigenvalue weighted by Crippen LogP contribution is -2.44. The summed E-state index contributed by atoms with van der Waals surface area (Å²) in [7, 11) is -1.12. The van der Waals surface area contributed by atoms with Crippen molar-refractivity contribution in [2.45, 2.75) is 38.6 Å². The summed E-state index contributed by atoms with van der Waals surface area (Å²) in [5, 5.41) is 2.77. The van der Waals surface area contributed by atoms with Crippen LogP contribution in [0, 0.1) is 20.8 Å². The number of nitrogens with zero attached hydrogens (tertiary/aromatic N) is 1. The molecule has 0 spiro atoms. The van der Waals surface area contributed by atoms with Crippen molar-refractivity contribution in [3.8, 4) is 5.75 Å². The quantitative estimate of drug-likeness (QED) is 0.656. The summed E-state index contributed by atoms with van der Waals surface area (Å²) in [4.78, 5) is 12.7. The first kappa shape index (κ1) is 23.7. The molecule has 0 aliphatic rings. The van der Waals surface area contributed by atoms with Gasteiger partial charge in [0, 0.05) is 13.2 Å². The van der Waals surface area contributed by atoms with Crippen LogP contribution in [-0.4, -0.2) is 47.7 Å². The maximum absolute atomic E-state index is 13.6. The predicted octanol–water partition coefficient (Wildman–Crippen LogP) is 2.97. The minimum Gasteiger partial charge on any atom is -0.495 e. The Morgan fingerprint density at radius 2 is 1.77 bits per heavy atom. The van der Waals surface area contributed by atoms with E-state index in [4.69, 9.17) is 9.47 Å². The van der Waals surface area contributed by atoms with Crippen LogP contribution < -0.4 is 14.4 Å². The van der Waals surface area contributed by atoms with Crippen molar-refractivity contribution >= 4 is 21.6 Å². The van der Waals surface area contributed by atoms with Crippen molar-refractivity contribution in [2.75, 3.05) is 31.7 Å². The van der Waals surface area contributed by atoms with Gasteiger partial charge in [0.1, 0.15) is 17.2 Å². The molecular weight excluding hydrogens is 404 g/mol. The number of carbonyl (C=O) groups is 1. The van der Waals surface area contributed by atoms with Gasteiger partial charge in [-0.1, -0.05) is 12.1 Å². The molecule has 164 valence electrons. The van der Waals surface area contributed by atoms with Gasteiger partial charge >= 0.3 is 0 Å². The topological polar surface area (TPSA) is 84.9 Å². The van der Waals surface area contributed by atoms with Crippen LogP contribution in [0.2, 0.25) is 0 Å². The lowest BCUT2D eigenvalue weighted by molar-refractivity contribution is -0.120. The van der Waals surface area contributed by atoms with E-state index >= 15 is 0 Å². The number of rotatable bonds is 9. The molecular formula is C22H30N2O5S. The molecule has 1 N–H and O–H groups in total. The van der Waals surface area contributed by atoms with Crippen LogP contribution in [0.15, 0.2) is 41.3 Å². The summed E-state index contributed by atoms with van der Waals surface area (Å²) in [6, 6.07) is 9.99. The molecule has 1 amide bonds. The molecule has 7 nitrogen and oxygen atoms in total. The first-order valence-electron chi connectivity index (χ1n) is 9.63. The van der Waals surface area contributed by atoms with Crippen LogP contribution >= 0.6 is 0 Å². The normalized spacial score (nSPS) is 12.3. The molecule has 0 saturated carbocycles. The van der Waals surface area contributed by atoms with Gasteiger partial charge in [-0.25, -0.2) is 8.42 Å². The molecule has 0 radical (unpaired) electrons. The van der Waals surface area contributed by atoms with Crippen LogP contribution in [0.3, 0.4) is 0 Å². The van der Waals surface area contributed by atoms with Gasteiger partial charge in [0.05, 0.1) is 19.4 Å². The number of sulfonamides is 1. The smallest absolute Gasteiger partial charge is 0.268 e. The van der Waals surface area contributed by atoms with Gasteiger partial charge in [-0.3, -0.25) is 9.10 Å². The summed E-state index contributed by atoms with van der Waals surface area (Å²) in [6.45, 7) is 7.40. The number of nitrogens with one attached hydrogen (secondary N) is 1. The third-order valence-electron chi connectivity index (χ3n) is 4.78. The Balaban J connectivity index is 2.53. The van der Waals surface area contributed by atoms with E-state index in [9.17, 15) is 13.2 Å². The molecule has 2 aromatic rings. The number of methoxy groups -OCH3 is 2. The largest absolute Gasteiger partial charge is 0.495 e. The lowest BCUT2D eigenvalue weighted by Gasteiger charge is -2.26. The lowest BCUT2D eigenvalue weighted by atomic mass is 10.1. The first-order chi connectivity index (χ1) is 14.1. The average Bonchev–Trinajstić information content (AvgIpc) is 2.68. The Morgan fingerprint density at radius 1 is 1.07 bits per heavy atom. The second-order valence-corrected chi connectivity index (χ2v) is 9.19. The number of hydrogen-bond donors (Lipinski definition) is 1. The molecule has 0 fully saturated rings. The molecule has 0 aliphatic carbocycles. The Hall–Kier alpha value is -2.58. The maximum atomic E-state index is 13.6. The number of ether oxygens (including phenoxy) is 2. The molecule has 0 heterocycles. The highest BCUT2D eigenvalue weighted by molar-refractivity contribution is 7.93. The maximum Gasteiger partial charge on any atom is 0.268 e. The third-order valence-corrected chi connectivity index (χ3v) is 6.57. The summed E-state index contributed by atoms with van der Waals surface area (Å²) in [5.41, 5.74) is 3.14. The Bertz CT molecular complexity index is 1000. The Morgan fingerprint density at radius 3 is 2.37 bits per heavy atom. The Kier molecular flexibility index (Phi) is 7.86. The molecule has 0 aromatic heterocycles. The van der Waals surface area contributed by atoms with Crippen molar-refractivity contribution in [1.29, 1.82) is 0 Å². The van der Waals surface area contributed by atoms with Crippen molar-refractivity contribution < 1.29 is 22.7 Å². The van der Waals surface area contributed by atoms with Crippen LogP contribution in [0.25, 0.3) is 0 Å². The average molecular weight is 435 g/mol. The highest BCUT2D eigenvalue weighted by atomic mass is 32.2. The second kappa shape index (κ2) is 9.95. The van der Waals surface area contributed by atoms with Gasteiger partial charge in [0.2, 0.25) is 5.91 Å². The zero-order valence-corrected chi connectivity index (χ0v) is 19.2. The third kappa shape index (κ3) is 5.52. The molecule has 0 aliphatic heterocycles. The fraction of sp³-hybridized carbons (Fsp3) is 0.409. The molecule has 1 atom stereocenters. The van der Waals surface area contributed by atoms with E-state index < -0.39 is 15.9 Å². The molecule has 30 heavy (non-hydrogen) atoms. The van der Waals surface area contributed by atoms with E-state index in [2.05, 4.69) is 5.32 Å². The number of anilines is 1. The minimum absolute atomic E-state index is 0.0148. The van der Waals surface area contributed by atoms with Crippen LogP contribution in [0.1, 0.15) is 23.6 Å². The summed E-state index contributed by atoms with van der Waals surface area (Å²) < 4.78 is 38.7. The number of benzene rings is 2. The van der Waals surface area contributed by atoms with E-state index in [1.54, 1.807) is 51.3 Å². The van der Waals surface area contributed by atoms with Gasteiger partial charge in [0.25, 0.3) is 10.0 Å². The van der Waals surface area contributed by atoms with Crippen molar-refractivity contribution in [3.63, 3.8) is 0 Å². The van der Waals surface area contributed by atoms with Crippen LogP contribution in [-0.2, 0) is 19.6 Å². The molecule has 8 heteroatoms. The van der Waals surface area contributed by atoms with E-state index in [0.717, 1.165) is 21.0 Å². The summed E-state index contributed by atoms with van der Waals surface area (Å²) in [6.07, 6.45) is 0. The number of hydrogen-bond acceptors (Lipinski definition) is 5. The Labute approximate surface area is 179 Å². The first-order valence-corrected chi connectivity index (χ1v) is 11.1. The molecule has 0 unspecified atom stereocenters. The van der Waals surface area contributed by atoms with E-state index in [0.29, 0.717) is 12.3 Å². The van der Waals surface area contributed by atoms with Crippen LogP contribution in [0.5, 0.6) is 5.75 Å². The zero-order valence-electron chi connectivity index (χ0n) is 18.4. The minimum atomic E-state index is -4.08. The van der Waals surface area contributed by atoms with Gasteiger partial charge in [-0.05, 0) is 68.7 Å². The molecule has 2 rings (SSSR count). The van der Waals surface area contributed by atoms with Crippen LogP contribution in [0.4, 0.5) is 5.69 Å². The number of amides is 1. The van der Waals surface area contributed by atoms with E-state index in [1.165, 1.54) is 7.11 Å². The summed E-state index contributed by atoms with van der Waals surface area (Å²) >= 11 is 0. The summed E-state index contributed by atoms with van der Waals surface area (Å²) in [5.74, 6) is -0.199. The highest BCUT2D eigenvalue weighted by Gasteiger charge is 2.30. The number of carbonyl (C=O) groups excluding carboxylic acids is 1. The van der Waals surface area contributed by atoms with E-state index in [-0.39, 0.29) is 23.2 Å². The standard InChI is InChI=1S/C22H30N2O5S/c1-15-7-10-20(29-6)21(11-15)30(26,27)24(13-22(25)23-18(4)14-28-5)19-9-8-16(2)17(3)12-19/h7-12,18H,13-14H2,1-6H3,(H,23,25)/t18-/m1/s1. The molecule has 0 saturated heterocycles. The van der Waals surface area contributed by atoms with E-state index in [1.807, 2.05) is 19.9 Å².